The zero-order valence-electron chi connectivity index (χ0n) is 8.32. The molecule has 0 saturated heterocycles. The lowest BCUT2D eigenvalue weighted by molar-refractivity contribution is 0.158. The summed E-state index contributed by atoms with van der Waals surface area (Å²) in [6.07, 6.45) is 0. The van der Waals surface area contributed by atoms with Crippen molar-refractivity contribution in [1.82, 2.24) is 5.12 Å². The van der Waals surface area contributed by atoms with E-state index in [-0.39, 0.29) is 0 Å². The van der Waals surface area contributed by atoms with Crippen LogP contribution in [0.5, 0.6) is 0 Å². The minimum Gasteiger partial charge on any atom is -0.399 e. The zero-order chi connectivity index (χ0) is 10.1. The first-order chi connectivity index (χ1) is 6.72. The summed E-state index contributed by atoms with van der Waals surface area (Å²) in [5.41, 5.74) is 11.7. The summed E-state index contributed by atoms with van der Waals surface area (Å²) >= 11 is 0. The molecule has 0 saturated carbocycles. The number of nitrogens with one attached hydrogen (secondary N) is 1. The highest BCUT2D eigenvalue weighted by Crippen LogP contribution is 2.34. The maximum absolute atomic E-state index is 5.69. The molecule has 0 atom stereocenters. The summed E-state index contributed by atoms with van der Waals surface area (Å²) in [5, 5.41) is 3.85. The number of hydrogen-bond donors (Lipinski definition) is 2. The third-order valence-electron chi connectivity index (χ3n) is 2.19. The van der Waals surface area contributed by atoms with Crippen LogP contribution in [0, 0.1) is 0 Å². The Morgan fingerprint density at radius 1 is 1.50 bits per heavy atom. The fourth-order valence-electron chi connectivity index (χ4n) is 1.54. The fraction of sp³-hybridized carbons (Fsp3) is 0.333. The molecule has 5 nitrogen and oxygen atoms in total. The average Bonchev–Trinajstić information content (AvgIpc) is 2.43. The van der Waals surface area contributed by atoms with Crippen LogP contribution in [0.2, 0.25) is 0 Å². The van der Waals surface area contributed by atoms with Gasteiger partial charge in [-0.1, -0.05) is 0 Å². The van der Waals surface area contributed by atoms with Crippen molar-refractivity contribution in [2.75, 3.05) is 37.1 Å². The molecule has 0 bridgehead atoms. The van der Waals surface area contributed by atoms with Crippen LogP contribution in [0.25, 0.3) is 0 Å². The zero-order valence-corrected chi connectivity index (χ0v) is 8.32. The monoisotopic (exact) mass is 194 g/mol. The number of fused-ring (bicyclic) bond motifs is 1. The Kier molecular flexibility index (Phi) is 2.18. The van der Waals surface area contributed by atoms with Gasteiger partial charge in [-0.2, -0.15) is 0 Å². The highest BCUT2D eigenvalue weighted by Gasteiger charge is 2.23. The number of ether oxygens (including phenoxy) is 1. The highest BCUT2D eigenvalue weighted by molar-refractivity contribution is 5.76. The van der Waals surface area contributed by atoms with Gasteiger partial charge in [-0.05, 0) is 18.2 Å². The third kappa shape index (κ3) is 1.36. The smallest absolute Gasteiger partial charge is 0.135 e. The van der Waals surface area contributed by atoms with Crippen molar-refractivity contribution in [2.45, 2.75) is 0 Å². The molecule has 2 rings (SSSR count). The molecule has 76 valence electrons. The van der Waals surface area contributed by atoms with Crippen molar-refractivity contribution >= 4 is 17.1 Å². The van der Waals surface area contributed by atoms with Gasteiger partial charge in [0.1, 0.15) is 6.73 Å². The summed E-state index contributed by atoms with van der Waals surface area (Å²) in [5.74, 6) is 0. The van der Waals surface area contributed by atoms with Gasteiger partial charge in [0.2, 0.25) is 0 Å². The van der Waals surface area contributed by atoms with Gasteiger partial charge < -0.3 is 10.5 Å². The predicted molar refractivity (Wildman–Crippen MR) is 56.6 cm³/mol. The predicted octanol–water partition coefficient (Wildman–Crippen LogP) is 0.866. The number of hydrazine groups is 2. The van der Waals surface area contributed by atoms with Crippen LogP contribution in [0.1, 0.15) is 0 Å². The van der Waals surface area contributed by atoms with E-state index in [2.05, 4.69) is 5.43 Å². The number of nitrogens with two attached hydrogens (primary N) is 1. The molecule has 0 spiro atoms. The van der Waals surface area contributed by atoms with Crippen LogP contribution in [0.15, 0.2) is 18.2 Å². The third-order valence-corrected chi connectivity index (χ3v) is 2.19. The standard InChI is InChI=1S/C9H14N4O/c1-12-11-8-5-7(10)3-4-9(8)13(12)6-14-2/h3-5,11H,6,10H2,1-2H3. The summed E-state index contributed by atoms with van der Waals surface area (Å²) in [4.78, 5) is 0. The Hall–Kier alpha value is -1.46. The van der Waals surface area contributed by atoms with Crippen LogP contribution in [-0.2, 0) is 4.74 Å². The van der Waals surface area contributed by atoms with Crippen molar-refractivity contribution < 1.29 is 4.74 Å². The quantitative estimate of drug-likeness (QED) is 0.684. The first-order valence-corrected chi connectivity index (χ1v) is 4.38. The van der Waals surface area contributed by atoms with Crippen LogP contribution in [-0.4, -0.2) is 26.0 Å². The molecule has 5 heteroatoms. The molecule has 0 aliphatic carbocycles. The Balaban J connectivity index is 2.33. The van der Waals surface area contributed by atoms with Gasteiger partial charge in [-0.3, -0.25) is 10.4 Å². The molecule has 0 unspecified atom stereocenters. The molecular weight excluding hydrogens is 180 g/mol. The second-order valence-electron chi connectivity index (χ2n) is 3.23. The van der Waals surface area contributed by atoms with E-state index in [1.165, 1.54) is 0 Å². The Morgan fingerprint density at radius 3 is 3.00 bits per heavy atom. The van der Waals surface area contributed by atoms with Gasteiger partial charge in [0, 0.05) is 19.8 Å². The lowest BCUT2D eigenvalue weighted by Gasteiger charge is -2.24. The minimum absolute atomic E-state index is 0.514. The molecule has 0 amide bonds. The molecule has 1 aromatic rings. The first-order valence-electron chi connectivity index (χ1n) is 4.38. The van der Waals surface area contributed by atoms with Gasteiger partial charge in [0.15, 0.2) is 0 Å². The maximum Gasteiger partial charge on any atom is 0.135 e. The molecule has 0 aromatic heterocycles. The van der Waals surface area contributed by atoms with E-state index < -0.39 is 0 Å². The summed E-state index contributed by atoms with van der Waals surface area (Å²) in [6, 6.07) is 5.75. The van der Waals surface area contributed by atoms with Gasteiger partial charge in [0.25, 0.3) is 0 Å². The number of rotatable bonds is 2. The Labute approximate surface area is 83.0 Å². The van der Waals surface area contributed by atoms with E-state index >= 15 is 0 Å². The molecule has 0 fully saturated rings. The van der Waals surface area contributed by atoms with Crippen molar-refractivity contribution in [3.8, 4) is 0 Å². The van der Waals surface area contributed by atoms with Gasteiger partial charge in [-0.25, -0.2) is 0 Å². The Morgan fingerprint density at radius 2 is 2.29 bits per heavy atom. The maximum atomic E-state index is 5.69. The normalized spacial score (nSPS) is 15.4. The van der Waals surface area contributed by atoms with Crippen LogP contribution < -0.4 is 16.2 Å². The van der Waals surface area contributed by atoms with Crippen LogP contribution >= 0.6 is 0 Å². The molecule has 1 aromatic carbocycles. The first kappa shape index (κ1) is 9.11. The minimum atomic E-state index is 0.514. The molecule has 1 aliphatic rings. The van der Waals surface area contributed by atoms with E-state index in [0.717, 1.165) is 17.1 Å². The molecule has 14 heavy (non-hydrogen) atoms. The summed E-state index contributed by atoms with van der Waals surface area (Å²) < 4.78 is 5.10. The van der Waals surface area contributed by atoms with E-state index in [4.69, 9.17) is 10.5 Å². The largest absolute Gasteiger partial charge is 0.399 e. The molecule has 0 radical (unpaired) electrons. The van der Waals surface area contributed by atoms with E-state index in [9.17, 15) is 0 Å². The van der Waals surface area contributed by atoms with Crippen molar-refractivity contribution in [2.24, 2.45) is 0 Å². The SMILES string of the molecule is COCN1c2ccc(N)cc2NN1C. The van der Waals surface area contributed by atoms with Crippen LogP contribution in [0.3, 0.4) is 0 Å². The second kappa shape index (κ2) is 3.36. The average molecular weight is 194 g/mol. The Bertz CT molecular complexity index is 342. The van der Waals surface area contributed by atoms with E-state index in [1.807, 2.05) is 35.4 Å². The van der Waals surface area contributed by atoms with Gasteiger partial charge in [0.05, 0.1) is 11.4 Å². The second-order valence-corrected chi connectivity index (χ2v) is 3.23. The number of nitrogen functional groups attached to an aromatic ring is 1. The topological polar surface area (TPSA) is 53.8 Å². The highest BCUT2D eigenvalue weighted by atomic mass is 16.5. The molecule has 1 heterocycles. The van der Waals surface area contributed by atoms with Gasteiger partial charge in [-0.15, -0.1) is 5.12 Å². The van der Waals surface area contributed by atoms with Crippen LogP contribution in [0.4, 0.5) is 17.1 Å². The summed E-state index contributed by atoms with van der Waals surface area (Å²) in [7, 11) is 3.60. The molecule has 3 N–H and O–H groups in total. The van der Waals surface area contributed by atoms with Crippen molar-refractivity contribution in [3.05, 3.63) is 18.2 Å². The molecule has 1 aliphatic heterocycles. The van der Waals surface area contributed by atoms with E-state index in [0.29, 0.717) is 6.73 Å². The number of methoxy groups -OCH3 is 1. The number of nitrogens with zero attached hydrogens (tertiary/aromatic N) is 2. The number of hydrogen-bond acceptors (Lipinski definition) is 5. The lowest BCUT2D eigenvalue weighted by atomic mass is 10.2. The van der Waals surface area contributed by atoms with Crippen molar-refractivity contribution in [3.63, 3.8) is 0 Å². The van der Waals surface area contributed by atoms with E-state index in [1.54, 1.807) is 7.11 Å². The lowest BCUT2D eigenvalue weighted by Crippen LogP contribution is -2.39. The van der Waals surface area contributed by atoms with Gasteiger partial charge >= 0.3 is 0 Å². The fourth-order valence-corrected chi connectivity index (χ4v) is 1.54. The number of benzene rings is 1. The van der Waals surface area contributed by atoms with Crippen molar-refractivity contribution in [1.29, 1.82) is 0 Å². The number of anilines is 3. The summed E-state index contributed by atoms with van der Waals surface area (Å²) in [6.45, 7) is 0.514. The molecular formula is C9H14N4O.